The lowest BCUT2D eigenvalue weighted by molar-refractivity contribution is -0.117. The lowest BCUT2D eigenvalue weighted by Gasteiger charge is -2.12. The van der Waals surface area contributed by atoms with Crippen molar-refractivity contribution in [1.82, 2.24) is 14.1 Å². The molecule has 1 aliphatic heterocycles. The highest BCUT2D eigenvalue weighted by Crippen LogP contribution is 2.35. The van der Waals surface area contributed by atoms with Crippen molar-refractivity contribution in [1.29, 1.82) is 0 Å². The van der Waals surface area contributed by atoms with Gasteiger partial charge in [-0.25, -0.2) is 0 Å². The molecule has 9 heteroatoms. The zero-order valence-electron chi connectivity index (χ0n) is 10.1. The number of nitrogens with zero attached hydrogens (tertiary/aromatic N) is 2. The summed E-state index contributed by atoms with van der Waals surface area (Å²) < 4.78 is 8.18. The van der Waals surface area contributed by atoms with Crippen molar-refractivity contribution >= 4 is 57.6 Å². The van der Waals surface area contributed by atoms with Crippen molar-refractivity contribution in [3.05, 3.63) is 16.1 Å². The number of halogens is 2. The van der Waals surface area contributed by atoms with Crippen LogP contribution in [0.4, 0.5) is 5.69 Å². The third-order valence-electron chi connectivity index (χ3n) is 3.12. The van der Waals surface area contributed by atoms with Crippen molar-refractivity contribution in [3.63, 3.8) is 0 Å². The van der Waals surface area contributed by atoms with Crippen LogP contribution in [-0.4, -0.2) is 38.5 Å². The van der Waals surface area contributed by atoms with E-state index in [1.54, 1.807) is 0 Å². The van der Waals surface area contributed by atoms with E-state index in [-0.39, 0.29) is 5.91 Å². The fraction of sp³-hybridized carbons (Fsp3) is 0.364. The first-order chi connectivity index (χ1) is 9.56. The fourth-order valence-corrected chi connectivity index (χ4v) is 3.28. The first kappa shape index (κ1) is 14.0. The van der Waals surface area contributed by atoms with E-state index in [1.165, 1.54) is 6.07 Å². The molecule has 1 aromatic heterocycles. The van der Waals surface area contributed by atoms with Crippen molar-refractivity contribution in [3.8, 4) is 0 Å². The number of carbonyl (C=O) groups is 1. The average Bonchev–Trinajstić information content (AvgIpc) is 3.02. The van der Waals surface area contributed by atoms with E-state index in [1.807, 2.05) is 0 Å². The number of aliphatic hydroxyl groups excluding tert-OH is 1. The number of aromatic nitrogens is 2. The Morgan fingerprint density at radius 1 is 1.40 bits per heavy atom. The minimum atomic E-state index is -0.507. The van der Waals surface area contributed by atoms with Crippen LogP contribution in [-0.2, 0) is 4.79 Å². The Hall–Kier alpha value is -0.990. The molecule has 0 aliphatic carbocycles. The van der Waals surface area contributed by atoms with Crippen LogP contribution in [0.3, 0.4) is 0 Å². The van der Waals surface area contributed by atoms with Gasteiger partial charge in [-0.3, -0.25) is 4.79 Å². The molecule has 2 heterocycles. The quantitative estimate of drug-likeness (QED) is 0.778. The number of carbonyl (C=O) groups excluding carboxylic acids is 1. The lowest BCUT2D eigenvalue weighted by atomic mass is 10.2. The van der Waals surface area contributed by atoms with Gasteiger partial charge in [0.05, 0.1) is 39.6 Å². The van der Waals surface area contributed by atoms with Gasteiger partial charge in [-0.05, 0) is 12.5 Å². The molecule has 0 saturated carbocycles. The second-order valence-electron chi connectivity index (χ2n) is 4.52. The molecule has 1 aromatic carbocycles. The van der Waals surface area contributed by atoms with Gasteiger partial charge in [0, 0.05) is 6.54 Å². The Kier molecular flexibility index (Phi) is 3.78. The number of fused-ring (bicyclic) bond motifs is 1. The lowest BCUT2D eigenvalue weighted by Crippen LogP contribution is -2.35. The van der Waals surface area contributed by atoms with Crippen molar-refractivity contribution < 1.29 is 9.90 Å². The second-order valence-corrected chi connectivity index (χ2v) is 5.86. The number of benzene rings is 1. The molecule has 106 valence electrons. The first-order valence-electron chi connectivity index (χ1n) is 5.89. The molecule has 2 atom stereocenters. The standard InChI is InChI=1S/C11H10Cl2N4O2S/c12-5-2-6(13)9-10(17-20-16-9)8(5)15-11(19)7-1-4(18)3-14-7/h2,4,7,14,18H,1,3H2,(H,15,19). The molecule has 2 unspecified atom stereocenters. The number of hydrogen-bond acceptors (Lipinski definition) is 6. The van der Waals surface area contributed by atoms with Gasteiger partial charge in [0.15, 0.2) is 0 Å². The van der Waals surface area contributed by atoms with Gasteiger partial charge in [-0.15, -0.1) is 0 Å². The van der Waals surface area contributed by atoms with Gasteiger partial charge >= 0.3 is 0 Å². The zero-order valence-corrected chi connectivity index (χ0v) is 12.4. The molecule has 0 bridgehead atoms. The van der Waals surface area contributed by atoms with E-state index < -0.39 is 12.1 Å². The number of β-amino-alcohol motifs (C(OH)–C–C–N with tert-alkyl or cyclic N) is 1. The Bertz CT molecular complexity index is 678. The maximum Gasteiger partial charge on any atom is 0.241 e. The topological polar surface area (TPSA) is 87.1 Å². The predicted molar refractivity (Wildman–Crippen MR) is 78.5 cm³/mol. The molecule has 1 aliphatic rings. The number of anilines is 1. The summed E-state index contributed by atoms with van der Waals surface area (Å²) in [4.78, 5) is 12.1. The van der Waals surface area contributed by atoms with Crippen molar-refractivity contribution in [2.24, 2.45) is 0 Å². The molecule has 1 saturated heterocycles. The number of aliphatic hydroxyl groups is 1. The zero-order chi connectivity index (χ0) is 14.3. The highest BCUT2D eigenvalue weighted by atomic mass is 35.5. The Labute approximate surface area is 128 Å². The summed E-state index contributed by atoms with van der Waals surface area (Å²) in [6, 6.07) is 1.08. The molecule has 3 rings (SSSR count). The molecular weight excluding hydrogens is 323 g/mol. The average molecular weight is 333 g/mol. The largest absolute Gasteiger partial charge is 0.392 e. The van der Waals surface area contributed by atoms with Crippen LogP contribution >= 0.6 is 34.9 Å². The molecule has 0 radical (unpaired) electrons. The van der Waals surface area contributed by atoms with Crippen molar-refractivity contribution in [2.45, 2.75) is 18.6 Å². The summed E-state index contributed by atoms with van der Waals surface area (Å²) >= 11 is 13.1. The molecule has 1 fully saturated rings. The molecule has 2 aromatic rings. The first-order valence-corrected chi connectivity index (χ1v) is 7.37. The van der Waals surface area contributed by atoms with E-state index >= 15 is 0 Å². The summed E-state index contributed by atoms with van der Waals surface area (Å²) in [7, 11) is 0. The molecule has 0 spiro atoms. The summed E-state index contributed by atoms with van der Waals surface area (Å²) in [6.07, 6.45) is -0.137. The minimum Gasteiger partial charge on any atom is -0.392 e. The number of nitrogens with one attached hydrogen (secondary N) is 2. The van der Waals surface area contributed by atoms with E-state index in [4.69, 9.17) is 23.2 Å². The number of rotatable bonds is 2. The molecule has 1 amide bonds. The van der Waals surface area contributed by atoms with Crippen LogP contribution < -0.4 is 10.6 Å². The van der Waals surface area contributed by atoms with Crippen LogP contribution in [0.15, 0.2) is 6.07 Å². The van der Waals surface area contributed by atoms with Crippen LogP contribution in [0, 0.1) is 0 Å². The van der Waals surface area contributed by atoms with Gasteiger partial charge in [0.1, 0.15) is 11.0 Å². The van der Waals surface area contributed by atoms with Crippen LogP contribution in [0.5, 0.6) is 0 Å². The second kappa shape index (κ2) is 5.42. The van der Waals surface area contributed by atoms with Gasteiger partial charge in [0.2, 0.25) is 5.91 Å². The smallest absolute Gasteiger partial charge is 0.241 e. The maximum atomic E-state index is 12.1. The minimum absolute atomic E-state index is 0.264. The van der Waals surface area contributed by atoms with Gasteiger partial charge in [0.25, 0.3) is 0 Å². The third-order valence-corrected chi connectivity index (χ3v) is 4.23. The Morgan fingerprint density at radius 2 is 2.15 bits per heavy atom. The summed E-state index contributed by atoms with van der Waals surface area (Å²) in [5.41, 5.74) is 1.38. The normalized spacial score (nSPS) is 22.4. The van der Waals surface area contributed by atoms with Crippen molar-refractivity contribution in [2.75, 3.05) is 11.9 Å². The molecule has 3 N–H and O–H groups in total. The predicted octanol–water partition coefficient (Wildman–Crippen LogP) is 1.66. The van der Waals surface area contributed by atoms with E-state index in [0.29, 0.717) is 39.7 Å². The third kappa shape index (κ3) is 2.47. The van der Waals surface area contributed by atoms with E-state index in [2.05, 4.69) is 19.4 Å². The Morgan fingerprint density at radius 3 is 2.85 bits per heavy atom. The Balaban J connectivity index is 1.91. The monoisotopic (exact) mass is 332 g/mol. The molecule has 6 nitrogen and oxygen atoms in total. The SMILES string of the molecule is O=C(Nc1c(Cl)cc(Cl)c2nsnc12)C1CC(O)CN1. The summed E-state index contributed by atoms with van der Waals surface area (Å²) in [6.45, 7) is 0.403. The molecule has 20 heavy (non-hydrogen) atoms. The highest BCUT2D eigenvalue weighted by Gasteiger charge is 2.29. The molecular formula is C11H10Cl2N4O2S. The number of amides is 1. The summed E-state index contributed by atoms with van der Waals surface area (Å²) in [5.74, 6) is -0.264. The van der Waals surface area contributed by atoms with Crippen LogP contribution in [0.1, 0.15) is 6.42 Å². The highest BCUT2D eigenvalue weighted by molar-refractivity contribution is 7.00. The summed E-state index contributed by atoms with van der Waals surface area (Å²) in [5, 5.41) is 15.8. The van der Waals surface area contributed by atoms with Gasteiger partial charge in [-0.2, -0.15) is 8.75 Å². The number of hydrogen-bond donors (Lipinski definition) is 3. The van der Waals surface area contributed by atoms with Gasteiger partial charge < -0.3 is 15.7 Å². The van der Waals surface area contributed by atoms with Crippen LogP contribution in [0.25, 0.3) is 11.0 Å². The van der Waals surface area contributed by atoms with E-state index in [9.17, 15) is 9.90 Å². The maximum absolute atomic E-state index is 12.1. The fourth-order valence-electron chi connectivity index (χ4n) is 2.12. The van der Waals surface area contributed by atoms with Gasteiger partial charge in [-0.1, -0.05) is 23.2 Å². The van der Waals surface area contributed by atoms with Crippen LogP contribution in [0.2, 0.25) is 10.0 Å². The van der Waals surface area contributed by atoms with E-state index in [0.717, 1.165) is 11.7 Å².